The van der Waals surface area contributed by atoms with Gasteiger partial charge in [-0.3, -0.25) is 4.68 Å². The molecule has 1 aromatic rings. The molecule has 0 bridgehead atoms. The summed E-state index contributed by atoms with van der Waals surface area (Å²) in [5.41, 5.74) is -0.580. The van der Waals surface area contributed by atoms with Crippen molar-refractivity contribution in [3.8, 4) is 6.07 Å². The predicted octanol–water partition coefficient (Wildman–Crippen LogP) is 0.526. The molecule has 0 aliphatic heterocycles. The first-order valence-corrected chi connectivity index (χ1v) is 3.98. The average Bonchev–Trinajstić information content (AvgIpc) is 2.52. The summed E-state index contributed by atoms with van der Waals surface area (Å²) >= 11 is 0. The van der Waals surface area contributed by atoms with Crippen molar-refractivity contribution in [1.29, 1.82) is 5.26 Å². The van der Waals surface area contributed by atoms with E-state index in [2.05, 4.69) is 16.2 Å². The standard InChI is InChI=1S/C8H10N4O2/c1-8(2,3-9)4-12-5-10-6(11-12)7(13)14/h5H,4H2,1-2H3,(H,13,14). The van der Waals surface area contributed by atoms with Gasteiger partial charge in [0.1, 0.15) is 6.33 Å². The van der Waals surface area contributed by atoms with Gasteiger partial charge in [-0.25, -0.2) is 9.78 Å². The molecule has 0 atom stereocenters. The summed E-state index contributed by atoms with van der Waals surface area (Å²) < 4.78 is 1.35. The maximum atomic E-state index is 10.4. The summed E-state index contributed by atoms with van der Waals surface area (Å²) in [6, 6.07) is 2.09. The second-order valence-corrected chi connectivity index (χ2v) is 3.57. The number of nitrogens with zero attached hydrogens (tertiary/aromatic N) is 4. The van der Waals surface area contributed by atoms with Gasteiger partial charge < -0.3 is 5.11 Å². The van der Waals surface area contributed by atoms with Crippen LogP contribution in [-0.4, -0.2) is 25.8 Å². The number of aromatic carboxylic acids is 1. The van der Waals surface area contributed by atoms with Gasteiger partial charge in [0.05, 0.1) is 18.0 Å². The highest BCUT2D eigenvalue weighted by Crippen LogP contribution is 2.15. The first-order chi connectivity index (χ1) is 6.44. The maximum absolute atomic E-state index is 10.4. The third kappa shape index (κ3) is 2.29. The van der Waals surface area contributed by atoms with Gasteiger partial charge in [0.25, 0.3) is 5.82 Å². The lowest BCUT2D eigenvalue weighted by Gasteiger charge is -2.13. The Labute approximate surface area is 80.8 Å². The van der Waals surface area contributed by atoms with Gasteiger partial charge >= 0.3 is 5.97 Å². The molecule has 1 aromatic heterocycles. The van der Waals surface area contributed by atoms with E-state index in [0.29, 0.717) is 6.54 Å². The molecule has 0 aliphatic rings. The van der Waals surface area contributed by atoms with E-state index in [0.717, 1.165) is 0 Å². The van der Waals surface area contributed by atoms with Crippen LogP contribution in [0.1, 0.15) is 24.5 Å². The quantitative estimate of drug-likeness (QED) is 0.757. The normalized spacial score (nSPS) is 10.9. The summed E-state index contributed by atoms with van der Waals surface area (Å²) in [5.74, 6) is -1.42. The second kappa shape index (κ2) is 3.46. The van der Waals surface area contributed by atoms with Gasteiger partial charge in [-0.15, -0.1) is 5.10 Å². The molecule has 0 unspecified atom stereocenters. The van der Waals surface area contributed by atoms with Crippen LogP contribution in [-0.2, 0) is 6.54 Å². The van der Waals surface area contributed by atoms with E-state index in [9.17, 15) is 4.79 Å². The van der Waals surface area contributed by atoms with Gasteiger partial charge in [0, 0.05) is 0 Å². The fourth-order valence-electron chi connectivity index (χ4n) is 0.909. The monoisotopic (exact) mass is 194 g/mol. The van der Waals surface area contributed by atoms with Crippen LogP contribution in [0, 0.1) is 16.7 Å². The summed E-state index contributed by atoms with van der Waals surface area (Å²) in [5, 5.41) is 21.0. The Morgan fingerprint density at radius 2 is 2.43 bits per heavy atom. The van der Waals surface area contributed by atoms with E-state index in [1.54, 1.807) is 13.8 Å². The highest BCUT2D eigenvalue weighted by molar-refractivity contribution is 5.82. The number of rotatable bonds is 3. The van der Waals surface area contributed by atoms with Crippen molar-refractivity contribution >= 4 is 5.97 Å². The topological polar surface area (TPSA) is 91.8 Å². The third-order valence-corrected chi connectivity index (χ3v) is 1.59. The van der Waals surface area contributed by atoms with Gasteiger partial charge in [-0.05, 0) is 13.8 Å². The van der Waals surface area contributed by atoms with Gasteiger partial charge in [-0.2, -0.15) is 5.26 Å². The van der Waals surface area contributed by atoms with Crippen LogP contribution in [0.3, 0.4) is 0 Å². The number of carbonyl (C=O) groups is 1. The van der Waals surface area contributed by atoms with Crippen LogP contribution >= 0.6 is 0 Å². The molecule has 0 saturated heterocycles. The molecule has 6 nitrogen and oxygen atoms in total. The zero-order chi connectivity index (χ0) is 10.8. The Morgan fingerprint density at radius 3 is 2.86 bits per heavy atom. The van der Waals surface area contributed by atoms with E-state index in [4.69, 9.17) is 10.4 Å². The largest absolute Gasteiger partial charge is 0.475 e. The summed E-state index contributed by atoms with van der Waals surface area (Å²) in [6.45, 7) is 3.81. The molecule has 0 fully saturated rings. The number of aromatic nitrogens is 3. The number of carboxylic acid groups (broad SMARTS) is 1. The zero-order valence-electron chi connectivity index (χ0n) is 7.93. The first-order valence-electron chi connectivity index (χ1n) is 3.98. The molecule has 0 saturated carbocycles. The van der Waals surface area contributed by atoms with E-state index >= 15 is 0 Å². The Balaban J connectivity index is 2.80. The van der Waals surface area contributed by atoms with E-state index in [-0.39, 0.29) is 5.82 Å². The fraction of sp³-hybridized carbons (Fsp3) is 0.500. The lowest BCUT2D eigenvalue weighted by Crippen LogP contribution is -2.18. The fourth-order valence-corrected chi connectivity index (χ4v) is 0.909. The minimum atomic E-state index is -1.17. The van der Waals surface area contributed by atoms with Crippen LogP contribution in [0.25, 0.3) is 0 Å². The van der Waals surface area contributed by atoms with Crippen molar-refractivity contribution in [2.24, 2.45) is 5.41 Å². The number of hydrogen-bond donors (Lipinski definition) is 1. The lowest BCUT2D eigenvalue weighted by molar-refractivity contribution is 0.0683. The Kier molecular flexibility index (Phi) is 2.51. The van der Waals surface area contributed by atoms with Crippen molar-refractivity contribution < 1.29 is 9.90 Å². The Morgan fingerprint density at radius 1 is 1.79 bits per heavy atom. The van der Waals surface area contributed by atoms with Crippen molar-refractivity contribution in [3.05, 3.63) is 12.2 Å². The average molecular weight is 194 g/mol. The van der Waals surface area contributed by atoms with Crippen molar-refractivity contribution in [3.63, 3.8) is 0 Å². The number of nitriles is 1. The SMILES string of the molecule is CC(C)(C#N)Cn1cnc(C(=O)O)n1. The number of carboxylic acids is 1. The van der Waals surface area contributed by atoms with E-state index in [1.165, 1.54) is 11.0 Å². The van der Waals surface area contributed by atoms with Crippen LogP contribution in [0.2, 0.25) is 0 Å². The Hall–Kier alpha value is -1.90. The molecule has 14 heavy (non-hydrogen) atoms. The van der Waals surface area contributed by atoms with Gasteiger partial charge in [-0.1, -0.05) is 0 Å². The molecule has 74 valence electrons. The first kappa shape index (κ1) is 10.2. The van der Waals surface area contributed by atoms with Crippen LogP contribution in [0.5, 0.6) is 0 Å². The van der Waals surface area contributed by atoms with Crippen molar-refractivity contribution in [1.82, 2.24) is 14.8 Å². The van der Waals surface area contributed by atoms with Crippen LogP contribution in [0.15, 0.2) is 6.33 Å². The maximum Gasteiger partial charge on any atom is 0.375 e. The van der Waals surface area contributed by atoms with Crippen molar-refractivity contribution in [2.75, 3.05) is 0 Å². The van der Waals surface area contributed by atoms with Crippen LogP contribution < -0.4 is 0 Å². The van der Waals surface area contributed by atoms with Gasteiger partial charge in [0.2, 0.25) is 0 Å². The third-order valence-electron chi connectivity index (χ3n) is 1.59. The molecule has 0 aromatic carbocycles. The molecule has 0 amide bonds. The van der Waals surface area contributed by atoms with Crippen LogP contribution in [0.4, 0.5) is 0 Å². The minimum absolute atomic E-state index is 0.251. The molecule has 1 heterocycles. The summed E-state index contributed by atoms with van der Waals surface area (Å²) in [6.07, 6.45) is 1.31. The molecule has 0 aliphatic carbocycles. The van der Waals surface area contributed by atoms with E-state index in [1.807, 2.05) is 0 Å². The highest BCUT2D eigenvalue weighted by atomic mass is 16.4. The summed E-state index contributed by atoms with van der Waals surface area (Å²) in [7, 11) is 0. The molecule has 0 spiro atoms. The lowest BCUT2D eigenvalue weighted by atomic mass is 9.96. The van der Waals surface area contributed by atoms with E-state index < -0.39 is 11.4 Å². The smallest absolute Gasteiger partial charge is 0.375 e. The minimum Gasteiger partial charge on any atom is -0.475 e. The second-order valence-electron chi connectivity index (χ2n) is 3.57. The predicted molar refractivity (Wildman–Crippen MR) is 46.4 cm³/mol. The molecule has 0 radical (unpaired) electrons. The molecule has 6 heteroatoms. The van der Waals surface area contributed by atoms with Crippen molar-refractivity contribution in [2.45, 2.75) is 20.4 Å². The van der Waals surface area contributed by atoms with Gasteiger partial charge in [0.15, 0.2) is 0 Å². The summed E-state index contributed by atoms with van der Waals surface area (Å²) in [4.78, 5) is 14.0. The number of hydrogen-bond acceptors (Lipinski definition) is 4. The molecule has 1 N–H and O–H groups in total. The molecular formula is C8H10N4O2. The molecular weight excluding hydrogens is 184 g/mol. The molecule has 1 rings (SSSR count). The highest BCUT2D eigenvalue weighted by Gasteiger charge is 2.19. The Bertz CT molecular complexity index is 388. The zero-order valence-corrected chi connectivity index (χ0v) is 7.93.